The van der Waals surface area contributed by atoms with Crippen LogP contribution in [-0.4, -0.2) is 33.2 Å². The molecule has 2 aromatic rings. The second kappa shape index (κ2) is 2.91. The summed E-state index contributed by atoms with van der Waals surface area (Å²) in [5.74, 6) is 2.02. The van der Waals surface area contributed by atoms with Crippen LogP contribution in [0.4, 0.5) is 5.82 Å². The van der Waals surface area contributed by atoms with Crippen LogP contribution in [0.3, 0.4) is 0 Å². The Balaban J connectivity index is 2.16. The van der Waals surface area contributed by atoms with Gasteiger partial charge in [-0.3, -0.25) is 5.10 Å². The van der Waals surface area contributed by atoms with Crippen LogP contribution in [0.15, 0.2) is 12.3 Å². The summed E-state index contributed by atoms with van der Waals surface area (Å²) < 4.78 is 12.4. The van der Waals surface area contributed by atoms with Crippen LogP contribution in [0.1, 0.15) is 0 Å². The van der Waals surface area contributed by atoms with Crippen molar-refractivity contribution in [2.24, 2.45) is 0 Å². The molecule has 15 heavy (non-hydrogen) atoms. The van der Waals surface area contributed by atoms with Crippen molar-refractivity contribution in [3.63, 3.8) is 0 Å². The Morgan fingerprint density at radius 2 is 2.27 bits per heavy atom. The molecule has 0 fully saturated rings. The monoisotopic (exact) mass is 207 g/mol. The molecule has 1 aliphatic heterocycles. The lowest BCUT2D eigenvalue weighted by Gasteiger charge is -2.15. The molecule has 78 valence electrons. The Morgan fingerprint density at radius 3 is 3.07 bits per heavy atom. The number of nitrogens with two attached hydrogens (primary N) is 1. The Bertz CT molecular complexity index is 475. The molecule has 1 aliphatic rings. The van der Waals surface area contributed by atoms with E-state index in [1.54, 1.807) is 12.3 Å². The van der Waals surface area contributed by atoms with Gasteiger partial charge in [-0.05, 0) is 0 Å². The highest BCUT2D eigenvalue weighted by Crippen LogP contribution is 2.36. The van der Waals surface area contributed by atoms with E-state index >= 15 is 0 Å². The number of anilines is 1. The van der Waals surface area contributed by atoms with Crippen molar-refractivity contribution >= 4 is 5.82 Å². The highest BCUT2D eigenvalue weighted by atomic mass is 16.6. The predicted octanol–water partition coefficient (Wildman–Crippen LogP) is -0.0512. The minimum Gasteiger partial charge on any atom is -0.482 e. The van der Waals surface area contributed by atoms with Gasteiger partial charge in [-0.15, -0.1) is 5.10 Å². The lowest BCUT2D eigenvalue weighted by molar-refractivity contribution is 0.164. The van der Waals surface area contributed by atoms with Gasteiger partial charge in [0, 0.05) is 6.07 Å². The van der Waals surface area contributed by atoms with Crippen LogP contribution in [-0.2, 0) is 0 Å². The summed E-state index contributed by atoms with van der Waals surface area (Å²) in [6.07, 6.45) is 1.63. The fourth-order valence-corrected chi connectivity index (χ4v) is 1.48. The lowest BCUT2D eigenvalue weighted by atomic mass is 10.5. The second-order valence-electron chi connectivity index (χ2n) is 3.07. The van der Waals surface area contributed by atoms with Gasteiger partial charge < -0.3 is 15.2 Å². The maximum atomic E-state index is 5.70. The first-order valence-electron chi connectivity index (χ1n) is 4.50. The second-order valence-corrected chi connectivity index (χ2v) is 3.07. The van der Waals surface area contributed by atoms with E-state index in [9.17, 15) is 0 Å². The smallest absolute Gasteiger partial charge is 0.264 e. The first-order chi connectivity index (χ1) is 7.36. The number of nitrogens with one attached hydrogen (secondary N) is 1. The third-order valence-corrected chi connectivity index (χ3v) is 2.11. The van der Waals surface area contributed by atoms with Gasteiger partial charge in [-0.25, -0.2) is 0 Å². The van der Waals surface area contributed by atoms with Gasteiger partial charge in [0.05, 0.1) is 6.20 Å². The number of aromatic amines is 1. The van der Waals surface area contributed by atoms with Crippen LogP contribution < -0.4 is 15.2 Å². The SMILES string of the molecule is Nc1nn(-c2ccn[nH]2)c2c1OCCO2. The van der Waals surface area contributed by atoms with E-state index in [0.29, 0.717) is 36.5 Å². The average molecular weight is 207 g/mol. The molecular formula is C8H9N5O2. The number of rotatable bonds is 1. The summed E-state index contributed by atoms with van der Waals surface area (Å²) in [5, 5.41) is 10.7. The van der Waals surface area contributed by atoms with Crippen molar-refractivity contribution in [2.75, 3.05) is 18.9 Å². The number of fused-ring (bicyclic) bond motifs is 1. The molecule has 0 amide bonds. The van der Waals surface area contributed by atoms with Gasteiger partial charge in [0.1, 0.15) is 13.2 Å². The lowest BCUT2D eigenvalue weighted by Crippen LogP contribution is -2.17. The highest BCUT2D eigenvalue weighted by molar-refractivity contribution is 5.56. The predicted molar refractivity (Wildman–Crippen MR) is 51.1 cm³/mol. The summed E-state index contributed by atoms with van der Waals surface area (Å²) in [6.45, 7) is 0.984. The first kappa shape index (κ1) is 8.16. The molecule has 0 atom stereocenters. The number of hydrogen-bond donors (Lipinski definition) is 2. The molecule has 2 aromatic heterocycles. The van der Waals surface area contributed by atoms with Gasteiger partial charge in [0.25, 0.3) is 5.88 Å². The molecule has 0 saturated carbocycles. The van der Waals surface area contributed by atoms with Crippen LogP contribution >= 0.6 is 0 Å². The van der Waals surface area contributed by atoms with Gasteiger partial charge in [-0.2, -0.15) is 9.78 Å². The zero-order chi connectivity index (χ0) is 10.3. The molecule has 7 heteroatoms. The maximum absolute atomic E-state index is 5.70. The largest absolute Gasteiger partial charge is 0.482 e. The third kappa shape index (κ3) is 1.13. The van der Waals surface area contributed by atoms with Gasteiger partial charge >= 0.3 is 0 Å². The fraction of sp³-hybridized carbons (Fsp3) is 0.250. The Labute approximate surface area is 84.8 Å². The van der Waals surface area contributed by atoms with E-state index in [1.807, 2.05) is 0 Å². The van der Waals surface area contributed by atoms with E-state index in [1.165, 1.54) is 4.68 Å². The fourth-order valence-electron chi connectivity index (χ4n) is 1.48. The van der Waals surface area contributed by atoms with Crippen molar-refractivity contribution in [3.05, 3.63) is 12.3 Å². The topological polar surface area (TPSA) is 91.0 Å². The summed E-state index contributed by atoms with van der Waals surface area (Å²) >= 11 is 0. The quantitative estimate of drug-likeness (QED) is 0.684. The van der Waals surface area contributed by atoms with E-state index in [4.69, 9.17) is 15.2 Å². The van der Waals surface area contributed by atoms with E-state index in [0.717, 1.165) is 0 Å². The molecule has 3 rings (SSSR count). The molecule has 0 radical (unpaired) electrons. The molecule has 0 spiro atoms. The number of hydrogen-bond acceptors (Lipinski definition) is 5. The van der Waals surface area contributed by atoms with Crippen molar-refractivity contribution < 1.29 is 9.47 Å². The maximum Gasteiger partial charge on any atom is 0.264 e. The molecule has 0 saturated heterocycles. The number of nitrogens with zero attached hydrogens (tertiary/aromatic N) is 3. The molecule has 0 aliphatic carbocycles. The van der Waals surface area contributed by atoms with Crippen molar-refractivity contribution in [1.29, 1.82) is 0 Å². The standard InChI is InChI=1S/C8H9N5O2/c9-7-6-8(15-4-3-14-6)13(12-7)5-1-2-10-11-5/h1-2H,3-4H2,(H2,9,12)(H,10,11). The Kier molecular flexibility index (Phi) is 1.58. The third-order valence-electron chi connectivity index (χ3n) is 2.11. The number of H-pyrrole nitrogens is 1. The minimum atomic E-state index is 0.319. The van der Waals surface area contributed by atoms with Crippen molar-refractivity contribution in [2.45, 2.75) is 0 Å². The number of aromatic nitrogens is 4. The summed E-state index contributed by atoms with van der Waals surface area (Å²) in [6, 6.07) is 1.77. The van der Waals surface area contributed by atoms with Gasteiger partial charge in [0.2, 0.25) is 5.75 Å². The summed E-state index contributed by atoms with van der Waals surface area (Å²) in [5.41, 5.74) is 5.70. The van der Waals surface area contributed by atoms with Crippen LogP contribution in [0.5, 0.6) is 11.6 Å². The Hall–Kier alpha value is -2.18. The normalized spacial score (nSPS) is 14.1. The minimum absolute atomic E-state index is 0.319. The van der Waals surface area contributed by atoms with Crippen molar-refractivity contribution in [1.82, 2.24) is 20.0 Å². The van der Waals surface area contributed by atoms with E-state index in [2.05, 4.69) is 15.3 Å². The number of ether oxygens (including phenoxy) is 2. The molecule has 0 aromatic carbocycles. The zero-order valence-corrected chi connectivity index (χ0v) is 7.80. The first-order valence-corrected chi connectivity index (χ1v) is 4.50. The van der Waals surface area contributed by atoms with Crippen LogP contribution in [0, 0.1) is 0 Å². The van der Waals surface area contributed by atoms with Crippen molar-refractivity contribution in [3.8, 4) is 17.4 Å². The molecule has 0 unspecified atom stereocenters. The van der Waals surface area contributed by atoms with Crippen LogP contribution in [0.2, 0.25) is 0 Å². The van der Waals surface area contributed by atoms with E-state index in [-0.39, 0.29) is 0 Å². The molecule has 7 nitrogen and oxygen atoms in total. The molecular weight excluding hydrogens is 198 g/mol. The Morgan fingerprint density at radius 1 is 1.40 bits per heavy atom. The van der Waals surface area contributed by atoms with E-state index < -0.39 is 0 Å². The van der Waals surface area contributed by atoms with Gasteiger partial charge in [0.15, 0.2) is 11.6 Å². The van der Waals surface area contributed by atoms with Gasteiger partial charge in [-0.1, -0.05) is 0 Å². The highest BCUT2D eigenvalue weighted by Gasteiger charge is 2.23. The zero-order valence-electron chi connectivity index (χ0n) is 7.80. The molecule has 0 bridgehead atoms. The van der Waals surface area contributed by atoms with Crippen LogP contribution in [0.25, 0.3) is 5.82 Å². The molecule has 3 N–H and O–H groups in total. The average Bonchev–Trinajstić information content (AvgIpc) is 2.87. The molecule has 3 heterocycles. The number of nitrogen functional groups attached to an aromatic ring is 1. The summed E-state index contributed by atoms with van der Waals surface area (Å²) in [4.78, 5) is 0. The summed E-state index contributed by atoms with van der Waals surface area (Å²) in [7, 11) is 0.